The molecule has 2 aromatic carbocycles. The molecule has 0 aliphatic heterocycles. The lowest BCUT2D eigenvalue weighted by molar-refractivity contribution is -0.385. The third kappa shape index (κ3) is 2.18. The number of nitrogens with zero attached hydrogens (tertiary/aromatic N) is 2. The molecule has 0 bridgehead atoms. The molecule has 7 nitrogen and oxygen atoms in total. The number of H-pyrrole nitrogens is 1. The third-order valence-corrected chi connectivity index (χ3v) is 3.30. The van der Waals surface area contributed by atoms with Crippen molar-refractivity contribution in [1.82, 2.24) is 9.97 Å². The maximum Gasteiger partial charge on any atom is 0.311 e. The Morgan fingerprint density at radius 1 is 1.27 bits per heavy atom. The molecular formula is C15H11N3O4. The van der Waals surface area contributed by atoms with Crippen molar-refractivity contribution in [1.29, 1.82) is 0 Å². The van der Waals surface area contributed by atoms with E-state index in [-0.39, 0.29) is 16.9 Å². The van der Waals surface area contributed by atoms with Crippen LogP contribution in [-0.4, -0.2) is 20.0 Å². The normalized spacial score (nSPS) is 10.8. The molecule has 2 N–H and O–H groups in total. The predicted octanol–water partition coefficient (Wildman–Crippen LogP) is 2.51. The summed E-state index contributed by atoms with van der Waals surface area (Å²) in [5.74, 6) is -0.429. The number of para-hydroxylation sites is 1. The Labute approximate surface area is 124 Å². The van der Waals surface area contributed by atoms with E-state index in [9.17, 15) is 20.0 Å². The van der Waals surface area contributed by atoms with Crippen LogP contribution in [0, 0.1) is 17.0 Å². The van der Waals surface area contributed by atoms with Crippen molar-refractivity contribution in [2.24, 2.45) is 0 Å². The second-order valence-corrected chi connectivity index (χ2v) is 4.87. The Balaban J connectivity index is 2.32. The van der Waals surface area contributed by atoms with E-state index < -0.39 is 16.4 Å². The van der Waals surface area contributed by atoms with Crippen LogP contribution >= 0.6 is 0 Å². The lowest BCUT2D eigenvalue weighted by Crippen LogP contribution is -2.09. The first-order valence-electron chi connectivity index (χ1n) is 6.45. The lowest BCUT2D eigenvalue weighted by atomic mass is 10.1. The summed E-state index contributed by atoms with van der Waals surface area (Å²) in [5.41, 5.74) is 0.352. The topological polar surface area (TPSA) is 109 Å². The molecule has 0 aliphatic carbocycles. The van der Waals surface area contributed by atoms with E-state index in [1.54, 1.807) is 31.2 Å². The van der Waals surface area contributed by atoms with Crippen LogP contribution in [-0.2, 0) is 0 Å². The fourth-order valence-electron chi connectivity index (χ4n) is 2.29. The van der Waals surface area contributed by atoms with Gasteiger partial charge in [0, 0.05) is 6.07 Å². The molecule has 0 saturated carbocycles. The zero-order chi connectivity index (χ0) is 15.9. The molecule has 0 amide bonds. The summed E-state index contributed by atoms with van der Waals surface area (Å²) in [6, 6.07) is 9.54. The average Bonchev–Trinajstić information content (AvgIpc) is 2.49. The van der Waals surface area contributed by atoms with Crippen molar-refractivity contribution in [3.05, 3.63) is 62.4 Å². The van der Waals surface area contributed by atoms with Crippen LogP contribution in [0.2, 0.25) is 0 Å². The van der Waals surface area contributed by atoms with E-state index in [1.165, 1.54) is 12.1 Å². The molecule has 0 spiro atoms. The van der Waals surface area contributed by atoms with Gasteiger partial charge in [-0.3, -0.25) is 14.9 Å². The molecule has 110 valence electrons. The highest BCUT2D eigenvalue weighted by molar-refractivity contribution is 5.81. The zero-order valence-corrected chi connectivity index (χ0v) is 11.5. The minimum atomic E-state index is -0.676. The van der Waals surface area contributed by atoms with E-state index in [4.69, 9.17) is 0 Å². The summed E-state index contributed by atoms with van der Waals surface area (Å²) < 4.78 is 0. The average molecular weight is 297 g/mol. The Morgan fingerprint density at radius 2 is 2.00 bits per heavy atom. The van der Waals surface area contributed by atoms with Gasteiger partial charge in [0.1, 0.15) is 5.82 Å². The van der Waals surface area contributed by atoms with Crippen LogP contribution in [0.25, 0.3) is 22.3 Å². The smallest absolute Gasteiger partial charge is 0.311 e. The number of phenolic OH excluding ortho intramolecular Hbond substituents is 1. The van der Waals surface area contributed by atoms with E-state index in [0.29, 0.717) is 16.5 Å². The van der Waals surface area contributed by atoms with Gasteiger partial charge < -0.3 is 10.1 Å². The van der Waals surface area contributed by atoms with Gasteiger partial charge in [0.2, 0.25) is 5.75 Å². The standard InChI is InChI=1S/C15H11N3O4/c1-8-6-10(13(19)12(7-8)18(21)22)14-16-11-5-3-2-4-9(11)15(20)17-14/h2-7,19H,1H3,(H,16,17,20). The molecule has 0 radical (unpaired) electrons. The van der Waals surface area contributed by atoms with Gasteiger partial charge in [0.05, 0.1) is 21.4 Å². The van der Waals surface area contributed by atoms with Crippen LogP contribution in [0.1, 0.15) is 5.56 Å². The second-order valence-electron chi connectivity index (χ2n) is 4.87. The second kappa shape index (κ2) is 4.96. The largest absolute Gasteiger partial charge is 0.502 e. The number of hydrogen-bond donors (Lipinski definition) is 2. The van der Waals surface area contributed by atoms with E-state index in [1.807, 2.05) is 0 Å². The predicted molar refractivity (Wildman–Crippen MR) is 80.9 cm³/mol. The highest BCUT2D eigenvalue weighted by Gasteiger charge is 2.20. The third-order valence-electron chi connectivity index (χ3n) is 3.30. The SMILES string of the molecule is Cc1cc(-c2nc3ccccc3c(=O)[nH]2)c(O)c([N+](=O)[O-])c1. The van der Waals surface area contributed by atoms with Crippen LogP contribution in [0.5, 0.6) is 5.75 Å². The Morgan fingerprint density at radius 3 is 2.73 bits per heavy atom. The zero-order valence-electron chi connectivity index (χ0n) is 11.5. The van der Waals surface area contributed by atoms with Gasteiger partial charge in [0.15, 0.2) is 0 Å². The number of aromatic amines is 1. The number of nitro groups is 1. The molecule has 0 fully saturated rings. The maximum absolute atomic E-state index is 12.1. The molecule has 3 rings (SSSR count). The van der Waals surface area contributed by atoms with Crippen LogP contribution in [0.15, 0.2) is 41.2 Å². The summed E-state index contributed by atoms with van der Waals surface area (Å²) in [4.78, 5) is 29.2. The maximum atomic E-state index is 12.1. The lowest BCUT2D eigenvalue weighted by Gasteiger charge is -2.07. The first kappa shape index (κ1) is 13.7. The van der Waals surface area contributed by atoms with Crippen molar-refractivity contribution in [3.8, 4) is 17.1 Å². The summed E-state index contributed by atoms with van der Waals surface area (Å²) in [5, 5.41) is 21.5. The number of hydrogen-bond acceptors (Lipinski definition) is 5. The van der Waals surface area contributed by atoms with Gasteiger partial charge in [-0.25, -0.2) is 4.98 Å². The molecule has 0 saturated heterocycles. The quantitative estimate of drug-likeness (QED) is 0.558. The first-order valence-corrected chi connectivity index (χ1v) is 6.45. The fraction of sp³-hybridized carbons (Fsp3) is 0.0667. The summed E-state index contributed by atoms with van der Waals surface area (Å²) in [6.07, 6.45) is 0. The number of nitro benzene ring substituents is 1. The van der Waals surface area contributed by atoms with Gasteiger partial charge in [0.25, 0.3) is 5.56 Å². The van der Waals surface area contributed by atoms with Crippen LogP contribution in [0.3, 0.4) is 0 Å². The van der Waals surface area contributed by atoms with Crippen molar-refractivity contribution >= 4 is 16.6 Å². The molecule has 0 unspecified atom stereocenters. The fourth-order valence-corrected chi connectivity index (χ4v) is 2.29. The van der Waals surface area contributed by atoms with Crippen LogP contribution in [0.4, 0.5) is 5.69 Å². The van der Waals surface area contributed by atoms with Crippen molar-refractivity contribution in [2.45, 2.75) is 6.92 Å². The van der Waals surface area contributed by atoms with Gasteiger partial charge in [-0.05, 0) is 30.7 Å². The van der Waals surface area contributed by atoms with Crippen LogP contribution < -0.4 is 5.56 Å². The number of aryl methyl sites for hydroxylation is 1. The molecule has 0 aliphatic rings. The summed E-state index contributed by atoms with van der Waals surface area (Å²) in [6.45, 7) is 1.66. The van der Waals surface area contributed by atoms with Crippen molar-refractivity contribution in [3.63, 3.8) is 0 Å². The molecule has 0 atom stereocenters. The minimum absolute atomic E-state index is 0.0907. The highest BCUT2D eigenvalue weighted by Crippen LogP contribution is 2.36. The highest BCUT2D eigenvalue weighted by atomic mass is 16.6. The van der Waals surface area contributed by atoms with E-state index in [2.05, 4.69) is 9.97 Å². The molecule has 22 heavy (non-hydrogen) atoms. The number of benzene rings is 2. The first-order chi connectivity index (χ1) is 10.5. The van der Waals surface area contributed by atoms with Gasteiger partial charge in [-0.15, -0.1) is 0 Å². The molecule has 1 heterocycles. The summed E-state index contributed by atoms with van der Waals surface area (Å²) >= 11 is 0. The number of fused-ring (bicyclic) bond motifs is 1. The Hall–Kier alpha value is -3.22. The van der Waals surface area contributed by atoms with Gasteiger partial charge >= 0.3 is 5.69 Å². The number of aromatic hydroxyl groups is 1. The molecule has 3 aromatic rings. The molecular weight excluding hydrogens is 286 g/mol. The van der Waals surface area contributed by atoms with E-state index >= 15 is 0 Å². The minimum Gasteiger partial charge on any atom is -0.502 e. The number of rotatable bonds is 2. The monoisotopic (exact) mass is 297 g/mol. The number of phenols is 1. The van der Waals surface area contributed by atoms with Gasteiger partial charge in [-0.2, -0.15) is 0 Å². The van der Waals surface area contributed by atoms with Gasteiger partial charge in [-0.1, -0.05) is 12.1 Å². The number of aromatic nitrogens is 2. The van der Waals surface area contributed by atoms with E-state index in [0.717, 1.165) is 0 Å². The Kier molecular flexibility index (Phi) is 3.10. The number of nitrogens with one attached hydrogen (secondary N) is 1. The van der Waals surface area contributed by atoms with Crippen molar-refractivity contribution in [2.75, 3.05) is 0 Å². The summed E-state index contributed by atoms with van der Waals surface area (Å²) in [7, 11) is 0. The molecule has 1 aromatic heterocycles. The van der Waals surface area contributed by atoms with Crippen molar-refractivity contribution < 1.29 is 10.0 Å². The Bertz CT molecular complexity index is 963. The molecule has 7 heteroatoms.